The Bertz CT molecular complexity index is 558. The molecule has 1 aliphatic rings. The van der Waals surface area contributed by atoms with E-state index in [4.69, 9.17) is 20.9 Å². The molecule has 0 aromatic heterocycles. The van der Waals surface area contributed by atoms with Crippen molar-refractivity contribution in [2.24, 2.45) is 21.5 Å². The maximum Gasteiger partial charge on any atom is 0.220 e. The molecule has 0 atom stereocenters. The van der Waals surface area contributed by atoms with E-state index in [9.17, 15) is 0 Å². The van der Waals surface area contributed by atoms with E-state index >= 15 is 0 Å². The predicted octanol–water partition coefficient (Wildman–Crippen LogP) is 0.889. The van der Waals surface area contributed by atoms with E-state index in [1.807, 2.05) is 26.0 Å². The first-order chi connectivity index (χ1) is 9.37. The van der Waals surface area contributed by atoms with Crippen molar-refractivity contribution in [2.75, 3.05) is 19.1 Å². The lowest BCUT2D eigenvalue weighted by Gasteiger charge is -2.38. The molecule has 7 heteroatoms. The summed E-state index contributed by atoms with van der Waals surface area (Å²) < 4.78 is 10.5. The third kappa shape index (κ3) is 2.47. The lowest BCUT2D eigenvalue weighted by atomic mass is 10.1. The number of benzene rings is 1. The summed E-state index contributed by atoms with van der Waals surface area (Å²) in [5.74, 6) is 1.76. The molecule has 1 aromatic carbocycles. The number of ether oxygens (including phenoxy) is 2. The second-order valence-electron chi connectivity index (χ2n) is 4.84. The zero-order chi connectivity index (χ0) is 14.9. The Morgan fingerprint density at radius 2 is 1.60 bits per heavy atom. The molecule has 0 aliphatic carbocycles. The van der Waals surface area contributed by atoms with Gasteiger partial charge in [-0.3, -0.25) is 4.90 Å². The molecular weight excluding hydrogens is 258 g/mol. The van der Waals surface area contributed by atoms with Crippen LogP contribution in [0.4, 0.5) is 5.69 Å². The lowest BCUT2D eigenvalue weighted by molar-refractivity contribution is 0.394. The van der Waals surface area contributed by atoms with E-state index in [-0.39, 0.29) is 11.9 Å². The predicted molar refractivity (Wildman–Crippen MR) is 79.3 cm³/mol. The molecule has 1 aromatic rings. The number of nitrogens with two attached hydrogens (primary N) is 2. The summed E-state index contributed by atoms with van der Waals surface area (Å²) >= 11 is 0. The minimum absolute atomic E-state index is 0.165. The van der Waals surface area contributed by atoms with Crippen molar-refractivity contribution in [3.05, 3.63) is 18.2 Å². The number of guanidine groups is 2. The van der Waals surface area contributed by atoms with Gasteiger partial charge in [-0.05, 0) is 13.8 Å². The number of anilines is 1. The van der Waals surface area contributed by atoms with Gasteiger partial charge in [0.2, 0.25) is 11.9 Å². The number of aliphatic imine (C=N–C) groups is 2. The normalized spacial score (nSPS) is 17.3. The molecular formula is C13H19N5O2. The molecule has 4 N–H and O–H groups in total. The third-order valence-corrected chi connectivity index (χ3v) is 2.99. The molecule has 0 fully saturated rings. The number of nitrogens with zero attached hydrogens (tertiary/aromatic N) is 3. The van der Waals surface area contributed by atoms with Gasteiger partial charge in [-0.25, -0.2) is 4.99 Å². The molecule has 1 aliphatic heterocycles. The molecule has 0 amide bonds. The van der Waals surface area contributed by atoms with Crippen molar-refractivity contribution >= 4 is 17.6 Å². The summed E-state index contributed by atoms with van der Waals surface area (Å²) in [6.07, 6.45) is 0. The smallest absolute Gasteiger partial charge is 0.220 e. The molecule has 0 saturated carbocycles. The average molecular weight is 277 g/mol. The maximum atomic E-state index is 5.99. The number of rotatable bonds is 3. The van der Waals surface area contributed by atoms with E-state index < -0.39 is 5.66 Å². The summed E-state index contributed by atoms with van der Waals surface area (Å²) in [6.45, 7) is 3.79. The Labute approximate surface area is 117 Å². The molecule has 7 nitrogen and oxygen atoms in total. The topological polar surface area (TPSA) is 98.5 Å². The molecule has 0 spiro atoms. The van der Waals surface area contributed by atoms with Crippen LogP contribution in [-0.2, 0) is 0 Å². The van der Waals surface area contributed by atoms with E-state index in [2.05, 4.69) is 9.98 Å². The zero-order valence-electron chi connectivity index (χ0n) is 12.0. The first-order valence-electron chi connectivity index (χ1n) is 6.10. The summed E-state index contributed by atoms with van der Waals surface area (Å²) in [5.41, 5.74) is 11.8. The van der Waals surface area contributed by atoms with E-state index in [0.717, 1.165) is 5.69 Å². The van der Waals surface area contributed by atoms with Crippen molar-refractivity contribution in [3.63, 3.8) is 0 Å². The molecule has 108 valence electrons. The molecule has 20 heavy (non-hydrogen) atoms. The van der Waals surface area contributed by atoms with Crippen LogP contribution in [0, 0.1) is 0 Å². The number of hydrogen-bond acceptors (Lipinski definition) is 7. The third-order valence-electron chi connectivity index (χ3n) is 2.99. The van der Waals surface area contributed by atoms with E-state index in [1.54, 1.807) is 25.2 Å². The van der Waals surface area contributed by atoms with Gasteiger partial charge in [-0.1, -0.05) is 0 Å². The van der Waals surface area contributed by atoms with Gasteiger partial charge in [-0.15, -0.1) is 0 Å². The summed E-state index contributed by atoms with van der Waals surface area (Å²) in [5, 5.41) is 0. The van der Waals surface area contributed by atoms with Crippen molar-refractivity contribution in [1.82, 2.24) is 0 Å². The average Bonchev–Trinajstić information content (AvgIpc) is 2.35. The highest BCUT2D eigenvalue weighted by molar-refractivity contribution is 6.05. The second-order valence-corrected chi connectivity index (χ2v) is 4.84. The Hall–Kier alpha value is -2.44. The zero-order valence-corrected chi connectivity index (χ0v) is 12.0. The monoisotopic (exact) mass is 277 g/mol. The fourth-order valence-corrected chi connectivity index (χ4v) is 2.17. The second kappa shape index (κ2) is 4.92. The Morgan fingerprint density at radius 3 is 2.05 bits per heavy atom. The molecule has 0 saturated heterocycles. The SMILES string of the molecule is COc1cc(OC)cc(N2C(N)=NC(N)=NC2(C)C)c1. The lowest BCUT2D eigenvalue weighted by Crippen LogP contribution is -2.54. The van der Waals surface area contributed by atoms with Crippen LogP contribution in [0.15, 0.2) is 28.2 Å². The first kappa shape index (κ1) is 14.0. The largest absolute Gasteiger partial charge is 0.497 e. The van der Waals surface area contributed by atoms with Crippen LogP contribution in [0.3, 0.4) is 0 Å². The van der Waals surface area contributed by atoms with Crippen LogP contribution < -0.4 is 25.8 Å². The van der Waals surface area contributed by atoms with Crippen molar-refractivity contribution in [1.29, 1.82) is 0 Å². The van der Waals surface area contributed by atoms with Crippen LogP contribution in [0.2, 0.25) is 0 Å². The van der Waals surface area contributed by atoms with Gasteiger partial charge in [-0.2, -0.15) is 4.99 Å². The first-order valence-corrected chi connectivity index (χ1v) is 6.10. The van der Waals surface area contributed by atoms with Crippen LogP contribution >= 0.6 is 0 Å². The van der Waals surface area contributed by atoms with Crippen LogP contribution in [0.5, 0.6) is 11.5 Å². The molecule has 0 unspecified atom stereocenters. The van der Waals surface area contributed by atoms with Gasteiger partial charge >= 0.3 is 0 Å². The van der Waals surface area contributed by atoms with Gasteiger partial charge in [0.15, 0.2) is 0 Å². The van der Waals surface area contributed by atoms with Crippen molar-refractivity contribution in [2.45, 2.75) is 19.5 Å². The van der Waals surface area contributed by atoms with E-state index in [1.165, 1.54) is 0 Å². The summed E-state index contributed by atoms with van der Waals surface area (Å²) in [6, 6.07) is 5.46. The maximum absolute atomic E-state index is 5.99. The van der Waals surface area contributed by atoms with Gasteiger partial charge in [0.05, 0.1) is 19.9 Å². The summed E-state index contributed by atoms with van der Waals surface area (Å²) in [7, 11) is 3.18. The highest BCUT2D eigenvalue weighted by atomic mass is 16.5. The quantitative estimate of drug-likeness (QED) is 0.855. The highest BCUT2D eigenvalue weighted by Crippen LogP contribution is 2.33. The number of hydrogen-bond donors (Lipinski definition) is 2. The van der Waals surface area contributed by atoms with Crippen LogP contribution in [-0.4, -0.2) is 31.8 Å². The molecule has 0 radical (unpaired) electrons. The van der Waals surface area contributed by atoms with Gasteiger partial charge < -0.3 is 20.9 Å². The van der Waals surface area contributed by atoms with Gasteiger partial charge in [0.25, 0.3) is 0 Å². The Balaban J connectivity index is 2.53. The molecule has 0 bridgehead atoms. The van der Waals surface area contributed by atoms with E-state index in [0.29, 0.717) is 11.5 Å². The minimum atomic E-state index is -0.646. The van der Waals surface area contributed by atoms with Crippen molar-refractivity contribution in [3.8, 4) is 11.5 Å². The summed E-state index contributed by atoms with van der Waals surface area (Å²) in [4.78, 5) is 10.1. The molecule has 2 rings (SSSR count). The van der Waals surface area contributed by atoms with Gasteiger partial charge in [0, 0.05) is 18.2 Å². The van der Waals surface area contributed by atoms with Crippen molar-refractivity contribution < 1.29 is 9.47 Å². The van der Waals surface area contributed by atoms with Crippen LogP contribution in [0.1, 0.15) is 13.8 Å². The number of methoxy groups -OCH3 is 2. The Morgan fingerprint density at radius 1 is 1.05 bits per heavy atom. The molecule has 1 heterocycles. The minimum Gasteiger partial charge on any atom is -0.497 e. The van der Waals surface area contributed by atoms with Crippen LogP contribution in [0.25, 0.3) is 0 Å². The fourth-order valence-electron chi connectivity index (χ4n) is 2.17. The fraction of sp³-hybridized carbons (Fsp3) is 0.385. The highest BCUT2D eigenvalue weighted by Gasteiger charge is 2.33. The standard InChI is InChI=1S/C13H19N5O2/c1-13(2)17-11(14)16-12(15)18(13)8-5-9(19-3)7-10(6-8)20-4/h5-7H,1-4H3,(H4,14,15,16,17). The Kier molecular flexibility index (Phi) is 3.44. The van der Waals surface area contributed by atoms with Gasteiger partial charge in [0.1, 0.15) is 17.2 Å².